The topological polar surface area (TPSA) is 72.9 Å². The van der Waals surface area contributed by atoms with E-state index < -0.39 is 0 Å². The molecule has 1 aliphatic carbocycles. The fraction of sp³-hybridized carbons (Fsp3) is 0.529. The second kappa shape index (κ2) is 6.08. The lowest BCUT2D eigenvalue weighted by Crippen LogP contribution is -2.29. The number of carbonyl (C=O) groups excluding carboxylic acids is 1. The van der Waals surface area contributed by atoms with E-state index in [0.717, 1.165) is 35.9 Å². The van der Waals surface area contributed by atoms with Gasteiger partial charge in [-0.25, -0.2) is 0 Å². The van der Waals surface area contributed by atoms with Crippen LogP contribution in [0.4, 0.5) is 5.69 Å². The summed E-state index contributed by atoms with van der Waals surface area (Å²) in [6, 6.07) is 6.25. The van der Waals surface area contributed by atoms with Crippen molar-refractivity contribution in [3.63, 3.8) is 0 Å². The molecular weight excluding hydrogens is 276 g/mol. The van der Waals surface area contributed by atoms with Crippen molar-refractivity contribution >= 4 is 22.5 Å². The van der Waals surface area contributed by atoms with Crippen molar-refractivity contribution in [3.8, 4) is 0 Å². The van der Waals surface area contributed by atoms with Crippen molar-refractivity contribution < 1.29 is 4.79 Å². The first-order valence-electron chi connectivity index (χ1n) is 8.08. The number of nitrogens with two attached hydrogens (primary N) is 1. The standard InChI is InChI=1S/C17H24N4O/c1-11(2)21-16-8-14(7-6-13(16)10-19-21)20-17(22)15-5-3-4-12(15)9-18/h6-8,10-12,15H,3-5,9,18H2,1-2H3,(H,20,22)/t12-,15-/m1/s1. The molecule has 0 radical (unpaired) electrons. The summed E-state index contributed by atoms with van der Waals surface area (Å²) in [5.41, 5.74) is 7.66. The van der Waals surface area contributed by atoms with E-state index in [-0.39, 0.29) is 11.8 Å². The predicted molar refractivity (Wildman–Crippen MR) is 88.6 cm³/mol. The highest BCUT2D eigenvalue weighted by atomic mass is 16.1. The third-order valence-electron chi connectivity index (χ3n) is 4.65. The van der Waals surface area contributed by atoms with E-state index in [9.17, 15) is 4.79 Å². The van der Waals surface area contributed by atoms with Gasteiger partial charge in [0, 0.05) is 23.0 Å². The van der Waals surface area contributed by atoms with E-state index in [0.29, 0.717) is 18.5 Å². The summed E-state index contributed by atoms with van der Waals surface area (Å²) in [5.74, 6) is 0.476. The van der Waals surface area contributed by atoms with Crippen molar-refractivity contribution in [1.82, 2.24) is 9.78 Å². The summed E-state index contributed by atoms with van der Waals surface area (Å²) in [4.78, 5) is 12.5. The second-order valence-corrected chi connectivity index (χ2v) is 6.48. The van der Waals surface area contributed by atoms with Crippen LogP contribution in [0.15, 0.2) is 24.4 Å². The number of anilines is 1. The molecule has 118 valence electrons. The highest BCUT2D eigenvalue weighted by Gasteiger charge is 2.31. The highest BCUT2D eigenvalue weighted by molar-refractivity contribution is 5.95. The molecule has 22 heavy (non-hydrogen) atoms. The fourth-order valence-corrected chi connectivity index (χ4v) is 3.43. The van der Waals surface area contributed by atoms with Crippen LogP contribution in [0.2, 0.25) is 0 Å². The quantitative estimate of drug-likeness (QED) is 0.911. The van der Waals surface area contributed by atoms with Gasteiger partial charge in [-0.05, 0) is 57.4 Å². The van der Waals surface area contributed by atoms with Gasteiger partial charge in [0.15, 0.2) is 0 Å². The average molecular weight is 300 g/mol. The van der Waals surface area contributed by atoms with Gasteiger partial charge in [-0.2, -0.15) is 5.10 Å². The average Bonchev–Trinajstić information content (AvgIpc) is 3.13. The van der Waals surface area contributed by atoms with Crippen LogP contribution in [0.3, 0.4) is 0 Å². The molecule has 1 aromatic carbocycles. The first kappa shape index (κ1) is 15.0. The predicted octanol–water partition coefficient (Wildman–Crippen LogP) is 2.93. The van der Waals surface area contributed by atoms with Crippen LogP contribution in [0.1, 0.15) is 39.2 Å². The van der Waals surface area contributed by atoms with Gasteiger partial charge in [0.1, 0.15) is 0 Å². The van der Waals surface area contributed by atoms with Gasteiger partial charge in [0.2, 0.25) is 5.91 Å². The van der Waals surface area contributed by atoms with E-state index in [1.54, 1.807) is 0 Å². The Hall–Kier alpha value is -1.88. The highest BCUT2D eigenvalue weighted by Crippen LogP contribution is 2.32. The van der Waals surface area contributed by atoms with Gasteiger partial charge in [-0.3, -0.25) is 9.48 Å². The van der Waals surface area contributed by atoms with Gasteiger partial charge in [0.25, 0.3) is 0 Å². The number of rotatable bonds is 4. The molecule has 0 spiro atoms. The monoisotopic (exact) mass is 300 g/mol. The number of hydrogen-bond donors (Lipinski definition) is 2. The van der Waals surface area contributed by atoms with Gasteiger partial charge in [-0.1, -0.05) is 6.42 Å². The summed E-state index contributed by atoms with van der Waals surface area (Å²) in [6.07, 6.45) is 4.97. The van der Waals surface area contributed by atoms with E-state index >= 15 is 0 Å². The van der Waals surface area contributed by atoms with Gasteiger partial charge in [-0.15, -0.1) is 0 Å². The Morgan fingerprint density at radius 2 is 2.27 bits per heavy atom. The molecule has 2 atom stereocenters. The molecule has 1 aliphatic rings. The Balaban J connectivity index is 1.81. The number of fused-ring (bicyclic) bond motifs is 1. The third-order valence-corrected chi connectivity index (χ3v) is 4.65. The van der Waals surface area contributed by atoms with Gasteiger partial charge >= 0.3 is 0 Å². The Kier molecular flexibility index (Phi) is 4.16. The zero-order valence-electron chi connectivity index (χ0n) is 13.2. The molecule has 5 nitrogen and oxygen atoms in total. The van der Waals surface area contributed by atoms with Crippen molar-refractivity contribution in [3.05, 3.63) is 24.4 Å². The third kappa shape index (κ3) is 2.73. The lowest BCUT2D eigenvalue weighted by atomic mass is 9.95. The van der Waals surface area contributed by atoms with Gasteiger partial charge in [0.05, 0.1) is 11.7 Å². The van der Waals surface area contributed by atoms with Crippen LogP contribution < -0.4 is 11.1 Å². The number of amides is 1. The van der Waals surface area contributed by atoms with Crippen LogP contribution in [0.25, 0.3) is 10.9 Å². The largest absolute Gasteiger partial charge is 0.330 e. The van der Waals surface area contributed by atoms with Gasteiger partial charge < -0.3 is 11.1 Å². The zero-order chi connectivity index (χ0) is 15.7. The second-order valence-electron chi connectivity index (χ2n) is 6.48. The Labute approximate surface area is 130 Å². The number of nitrogens with zero attached hydrogens (tertiary/aromatic N) is 2. The summed E-state index contributed by atoms with van der Waals surface area (Å²) < 4.78 is 1.98. The molecule has 3 N–H and O–H groups in total. The molecular formula is C17H24N4O. The van der Waals surface area contributed by atoms with Crippen LogP contribution in [0, 0.1) is 11.8 Å². The molecule has 0 saturated heterocycles. The lowest BCUT2D eigenvalue weighted by molar-refractivity contribution is -0.120. The number of benzene rings is 1. The molecule has 0 bridgehead atoms. The van der Waals surface area contributed by atoms with E-state index in [2.05, 4.69) is 24.3 Å². The molecule has 0 aliphatic heterocycles. The number of nitrogens with one attached hydrogen (secondary N) is 1. The Morgan fingerprint density at radius 3 is 3.00 bits per heavy atom. The van der Waals surface area contributed by atoms with Crippen LogP contribution in [-0.4, -0.2) is 22.2 Å². The van der Waals surface area contributed by atoms with Crippen LogP contribution >= 0.6 is 0 Å². The summed E-state index contributed by atoms with van der Waals surface area (Å²) >= 11 is 0. The lowest BCUT2D eigenvalue weighted by Gasteiger charge is -2.17. The van der Waals surface area contributed by atoms with E-state index in [1.165, 1.54) is 0 Å². The number of hydrogen-bond acceptors (Lipinski definition) is 3. The van der Waals surface area contributed by atoms with Crippen LogP contribution in [0.5, 0.6) is 0 Å². The van der Waals surface area contributed by atoms with Crippen molar-refractivity contribution in [2.24, 2.45) is 17.6 Å². The summed E-state index contributed by atoms with van der Waals surface area (Å²) in [7, 11) is 0. The molecule has 0 unspecified atom stereocenters. The van der Waals surface area contributed by atoms with Crippen molar-refractivity contribution in [2.45, 2.75) is 39.2 Å². The van der Waals surface area contributed by atoms with E-state index in [1.807, 2.05) is 29.1 Å². The number of carbonyl (C=O) groups is 1. The maximum Gasteiger partial charge on any atom is 0.227 e. The van der Waals surface area contributed by atoms with E-state index in [4.69, 9.17) is 5.73 Å². The molecule has 1 heterocycles. The minimum absolute atomic E-state index is 0.0516. The van der Waals surface area contributed by atoms with Crippen molar-refractivity contribution in [2.75, 3.05) is 11.9 Å². The Bertz CT molecular complexity index is 676. The van der Waals surface area contributed by atoms with Crippen molar-refractivity contribution in [1.29, 1.82) is 0 Å². The first-order chi connectivity index (χ1) is 10.6. The zero-order valence-corrected chi connectivity index (χ0v) is 13.2. The molecule has 5 heteroatoms. The molecule has 1 aromatic heterocycles. The first-order valence-corrected chi connectivity index (χ1v) is 8.08. The number of aromatic nitrogens is 2. The fourth-order valence-electron chi connectivity index (χ4n) is 3.43. The SMILES string of the molecule is CC(C)n1ncc2ccc(NC(=O)[C@@H]3CCC[C@@H]3CN)cc21. The van der Waals surface area contributed by atoms with Crippen LogP contribution in [-0.2, 0) is 4.79 Å². The molecule has 1 amide bonds. The molecule has 1 fully saturated rings. The minimum atomic E-state index is 0.0516. The molecule has 2 aromatic rings. The molecule has 1 saturated carbocycles. The smallest absolute Gasteiger partial charge is 0.227 e. The molecule has 3 rings (SSSR count). The maximum atomic E-state index is 12.5. The normalized spacial score (nSPS) is 21.6. The summed E-state index contributed by atoms with van der Waals surface area (Å²) in [5, 5.41) is 8.56. The Morgan fingerprint density at radius 1 is 1.45 bits per heavy atom. The minimum Gasteiger partial charge on any atom is -0.330 e. The maximum absolute atomic E-state index is 12.5. The summed E-state index contributed by atoms with van der Waals surface area (Å²) in [6.45, 7) is 4.79.